The number of benzene rings is 2. The van der Waals surface area contributed by atoms with Gasteiger partial charge >= 0.3 is 0 Å². The Balaban J connectivity index is 1.48. The lowest BCUT2D eigenvalue weighted by molar-refractivity contribution is -0.113. The van der Waals surface area contributed by atoms with E-state index in [0.29, 0.717) is 28.4 Å². The molecule has 0 saturated heterocycles. The number of aromatic nitrogens is 2. The standard InChI is InChI=1S/C23H20N4O4S2/c1-30-18-11-17(27-21(29)14-6-4-3-5-7-14)19(31-2)10-16(18)26-20(28)12-33-23-15-8-9-32-22(15)24-13-25-23/h3-11,13H,12H2,1-2H3,(H,26,28)(H,27,29). The third kappa shape index (κ3) is 5.24. The van der Waals surface area contributed by atoms with Gasteiger partial charge in [-0.1, -0.05) is 30.0 Å². The highest BCUT2D eigenvalue weighted by atomic mass is 32.2. The van der Waals surface area contributed by atoms with Crippen LogP contribution < -0.4 is 20.1 Å². The minimum absolute atomic E-state index is 0.153. The molecule has 0 radical (unpaired) electrons. The molecule has 0 spiro atoms. The normalized spacial score (nSPS) is 10.6. The quantitative estimate of drug-likeness (QED) is 0.279. The molecule has 0 saturated carbocycles. The summed E-state index contributed by atoms with van der Waals surface area (Å²) < 4.78 is 10.9. The second-order valence-electron chi connectivity index (χ2n) is 6.73. The van der Waals surface area contributed by atoms with Gasteiger partial charge in [0.25, 0.3) is 5.91 Å². The summed E-state index contributed by atoms with van der Waals surface area (Å²) in [6, 6.07) is 14.0. The Morgan fingerprint density at radius 3 is 2.36 bits per heavy atom. The highest BCUT2D eigenvalue weighted by Crippen LogP contribution is 2.37. The Hall–Kier alpha value is -3.63. The Kier molecular flexibility index (Phi) is 7.06. The Morgan fingerprint density at radius 2 is 1.67 bits per heavy atom. The lowest BCUT2D eigenvalue weighted by Crippen LogP contribution is -2.16. The average Bonchev–Trinajstić information content (AvgIpc) is 3.33. The molecular weight excluding hydrogens is 460 g/mol. The second kappa shape index (κ2) is 10.3. The van der Waals surface area contributed by atoms with Gasteiger partial charge in [-0.25, -0.2) is 9.97 Å². The summed E-state index contributed by atoms with van der Waals surface area (Å²) in [7, 11) is 2.98. The molecule has 0 atom stereocenters. The molecule has 8 nitrogen and oxygen atoms in total. The topological polar surface area (TPSA) is 102 Å². The number of anilines is 2. The highest BCUT2D eigenvalue weighted by Gasteiger charge is 2.17. The largest absolute Gasteiger partial charge is 0.494 e. The van der Waals surface area contributed by atoms with Gasteiger partial charge < -0.3 is 20.1 Å². The van der Waals surface area contributed by atoms with E-state index in [2.05, 4.69) is 20.6 Å². The molecule has 0 aliphatic carbocycles. The maximum Gasteiger partial charge on any atom is 0.255 e. The van der Waals surface area contributed by atoms with E-state index in [-0.39, 0.29) is 17.6 Å². The van der Waals surface area contributed by atoms with Crippen molar-refractivity contribution in [2.24, 2.45) is 0 Å². The smallest absolute Gasteiger partial charge is 0.255 e. The van der Waals surface area contributed by atoms with E-state index in [9.17, 15) is 9.59 Å². The van der Waals surface area contributed by atoms with Crippen LogP contribution in [0, 0.1) is 0 Å². The third-order valence-electron chi connectivity index (χ3n) is 4.65. The van der Waals surface area contributed by atoms with Gasteiger partial charge in [-0.3, -0.25) is 9.59 Å². The zero-order valence-corrected chi connectivity index (χ0v) is 19.5. The van der Waals surface area contributed by atoms with Gasteiger partial charge in [0.1, 0.15) is 27.7 Å². The van der Waals surface area contributed by atoms with Crippen LogP contribution in [0.5, 0.6) is 11.5 Å². The van der Waals surface area contributed by atoms with E-state index in [4.69, 9.17) is 9.47 Å². The monoisotopic (exact) mass is 480 g/mol. The summed E-state index contributed by atoms with van der Waals surface area (Å²) in [5.74, 6) is 0.413. The number of thioether (sulfide) groups is 1. The molecule has 2 heterocycles. The van der Waals surface area contributed by atoms with E-state index in [1.54, 1.807) is 36.4 Å². The Morgan fingerprint density at radius 1 is 0.970 bits per heavy atom. The first kappa shape index (κ1) is 22.6. The summed E-state index contributed by atoms with van der Waals surface area (Å²) in [6.07, 6.45) is 1.50. The third-order valence-corrected chi connectivity index (χ3v) is 6.47. The summed E-state index contributed by atoms with van der Waals surface area (Å²) >= 11 is 2.85. The summed E-state index contributed by atoms with van der Waals surface area (Å²) in [4.78, 5) is 34.6. The fraction of sp³-hybridized carbons (Fsp3) is 0.130. The molecule has 2 amide bonds. The minimum Gasteiger partial charge on any atom is -0.494 e. The number of nitrogens with zero attached hydrogens (tertiary/aromatic N) is 2. The van der Waals surface area contributed by atoms with E-state index >= 15 is 0 Å². The van der Waals surface area contributed by atoms with Crippen LogP contribution in [0.1, 0.15) is 10.4 Å². The average molecular weight is 481 g/mol. The number of hydrogen-bond donors (Lipinski definition) is 2. The molecule has 4 rings (SSSR count). The number of rotatable bonds is 8. The lowest BCUT2D eigenvalue weighted by atomic mass is 10.2. The number of methoxy groups -OCH3 is 2. The summed E-state index contributed by atoms with van der Waals surface area (Å²) in [6.45, 7) is 0. The molecule has 4 aromatic rings. The Labute approximate surface area is 198 Å². The first-order valence-corrected chi connectivity index (χ1v) is 11.7. The van der Waals surface area contributed by atoms with Gasteiger partial charge in [0.15, 0.2) is 0 Å². The van der Waals surface area contributed by atoms with Crippen molar-refractivity contribution in [2.45, 2.75) is 5.03 Å². The van der Waals surface area contributed by atoms with Crippen molar-refractivity contribution in [2.75, 3.05) is 30.6 Å². The van der Waals surface area contributed by atoms with Gasteiger partial charge in [0, 0.05) is 23.1 Å². The number of ether oxygens (including phenoxy) is 2. The van der Waals surface area contributed by atoms with Crippen LogP contribution in [0.25, 0.3) is 10.2 Å². The lowest BCUT2D eigenvalue weighted by Gasteiger charge is -2.16. The van der Waals surface area contributed by atoms with Crippen molar-refractivity contribution in [1.82, 2.24) is 9.97 Å². The van der Waals surface area contributed by atoms with Crippen LogP contribution in [0.3, 0.4) is 0 Å². The van der Waals surface area contributed by atoms with Gasteiger partial charge in [0.05, 0.1) is 31.3 Å². The highest BCUT2D eigenvalue weighted by molar-refractivity contribution is 8.00. The van der Waals surface area contributed by atoms with Crippen molar-refractivity contribution in [1.29, 1.82) is 0 Å². The maximum absolute atomic E-state index is 12.6. The fourth-order valence-corrected chi connectivity index (χ4v) is 4.66. The van der Waals surface area contributed by atoms with Crippen LogP contribution in [-0.2, 0) is 4.79 Å². The van der Waals surface area contributed by atoms with Crippen LogP contribution in [-0.4, -0.2) is 41.8 Å². The molecule has 0 aliphatic heterocycles. The molecule has 2 aromatic carbocycles. The van der Waals surface area contributed by atoms with Crippen molar-refractivity contribution >= 4 is 56.5 Å². The molecule has 10 heteroatoms. The van der Waals surface area contributed by atoms with Gasteiger partial charge in [-0.2, -0.15) is 0 Å². The molecule has 168 valence electrons. The molecular formula is C23H20N4O4S2. The fourth-order valence-electron chi connectivity index (χ4n) is 3.08. The molecule has 0 aliphatic rings. The first-order chi connectivity index (χ1) is 16.1. The number of amides is 2. The second-order valence-corrected chi connectivity index (χ2v) is 8.59. The van der Waals surface area contributed by atoms with Crippen molar-refractivity contribution < 1.29 is 19.1 Å². The SMILES string of the molecule is COc1cc(NC(=O)c2ccccc2)c(OC)cc1NC(=O)CSc1ncnc2sccc12. The molecule has 2 aromatic heterocycles. The molecule has 33 heavy (non-hydrogen) atoms. The van der Waals surface area contributed by atoms with Crippen LogP contribution >= 0.6 is 23.1 Å². The number of fused-ring (bicyclic) bond motifs is 1. The number of thiophene rings is 1. The summed E-state index contributed by atoms with van der Waals surface area (Å²) in [5, 5.41) is 9.28. The predicted octanol–water partition coefficient (Wildman–Crippen LogP) is 4.69. The number of nitrogens with one attached hydrogen (secondary N) is 2. The summed E-state index contributed by atoms with van der Waals surface area (Å²) in [5.41, 5.74) is 1.37. The molecule has 2 N–H and O–H groups in total. The Bertz CT molecular complexity index is 1290. The van der Waals surface area contributed by atoms with Crippen LogP contribution in [0.15, 0.2) is 65.3 Å². The van der Waals surface area contributed by atoms with E-state index in [1.807, 2.05) is 17.5 Å². The number of carbonyl (C=O) groups is 2. The number of carbonyl (C=O) groups excluding carboxylic acids is 2. The molecule has 0 fully saturated rings. The van der Waals surface area contributed by atoms with Crippen molar-refractivity contribution in [3.63, 3.8) is 0 Å². The van der Waals surface area contributed by atoms with Crippen molar-refractivity contribution in [3.8, 4) is 11.5 Å². The van der Waals surface area contributed by atoms with Crippen molar-refractivity contribution in [3.05, 3.63) is 65.8 Å². The van der Waals surface area contributed by atoms with E-state index in [1.165, 1.54) is 43.6 Å². The van der Waals surface area contributed by atoms with Gasteiger partial charge in [0.2, 0.25) is 5.91 Å². The van der Waals surface area contributed by atoms with Crippen LogP contribution in [0.2, 0.25) is 0 Å². The maximum atomic E-state index is 12.6. The zero-order valence-electron chi connectivity index (χ0n) is 17.8. The molecule has 0 bridgehead atoms. The molecule has 0 unspecified atom stereocenters. The van der Waals surface area contributed by atoms with Gasteiger partial charge in [-0.05, 0) is 23.6 Å². The number of hydrogen-bond acceptors (Lipinski definition) is 8. The van der Waals surface area contributed by atoms with E-state index < -0.39 is 0 Å². The zero-order chi connectivity index (χ0) is 23.2. The minimum atomic E-state index is -0.284. The first-order valence-electron chi connectivity index (χ1n) is 9.82. The van der Waals surface area contributed by atoms with Crippen LogP contribution in [0.4, 0.5) is 11.4 Å². The van der Waals surface area contributed by atoms with E-state index in [0.717, 1.165) is 15.2 Å². The van der Waals surface area contributed by atoms with Gasteiger partial charge in [-0.15, -0.1) is 11.3 Å². The predicted molar refractivity (Wildman–Crippen MR) is 131 cm³/mol.